The number of hydrogen-bond acceptors (Lipinski definition) is 6. The maximum absolute atomic E-state index is 11.4. The summed E-state index contributed by atoms with van der Waals surface area (Å²) in [5, 5.41) is 7.12. The number of ether oxygens (including phenoxy) is 1. The van der Waals surface area contributed by atoms with Crippen molar-refractivity contribution in [1.29, 1.82) is 0 Å². The normalized spacial score (nSPS) is 12.6. The summed E-state index contributed by atoms with van der Waals surface area (Å²) in [5.74, 6) is -0.846. The molecule has 0 N–H and O–H groups in total. The van der Waals surface area contributed by atoms with Crippen LogP contribution in [0.1, 0.15) is 17.3 Å². The first-order valence-electron chi connectivity index (χ1n) is 4.84. The van der Waals surface area contributed by atoms with Gasteiger partial charge in [0.25, 0.3) is 0 Å². The summed E-state index contributed by atoms with van der Waals surface area (Å²) < 4.78 is 25.3. The van der Waals surface area contributed by atoms with Crippen molar-refractivity contribution in [3.63, 3.8) is 0 Å². The first kappa shape index (κ1) is 13.5. The van der Waals surface area contributed by atoms with Crippen molar-refractivity contribution in [3.05, 3.63) is 29.8 Å². The van der Waals surface area contributed by atoms with Gasteiger partial charge in [-0.15, -0.1) is 0 Å². The molecule has 0 aliphatic rings. The number of hydrogen-bond donors (Lipinski definition) is 0. The summed E-state index contributed by atoms with van der Waals surface area (Å²) in [6.07, 6.45) is 0. The SMILES string of the molecule is CCOC(=O)c1cccc(N=NCS(=O)[O-])c1. The lowest BCUT2D eigenvalue weighted by atomic mass is 10.2. The molecule has 1 rings (SSSR count). The van der Waals surface area contributed by atoms with Gasteiger partial charge in [-0.1, -0.05) is 6.07 Å². The summed E-state index contributed by atoms with van der Waals surface area (Å²) in [6, 6.07) is 6.30. The van der Waals surface area contributed by atoms with Gasteiger partial charge in [0, 0.05) is 0 Å². The number of carbonyl (C=O) groups is 1. The van der Waals surface area contributed by atoms with E-state index in [0.717, 1.165) is 0 Å². The molecule has 1 aromatic rings. The van der Waals surface area contributed by atoms with Crippen molar-refractivity contribution < 1.29 is 18.3 Å². The van der Waals surface area contributed by atoms with Crippen LogP contribution >= 0.6 is 0 Å². The second-order valence-electron chi connectivity index (χ2n) is 2.95. The lowest BCUT2D eigenvalue weighted by Gasteiger charge is -2.02. The molecular weight excluding hydrogens is 244 g/mol. The molecule has 0 bridgehead atoms. The van der Waals surface area contributed by atoms with E-state index in [9.17, 15) is 13.6 Å². The van der Waals surface area contributed by atoms with Crippen LogP contribution < -0.4 is 0 Å². The lowest BCUT2D eigenvalue weighted by Crippen LogP contribution is -2.03. The second-order valence-corrected chi connectivity index (χ2v) is 3.81. The largest absolute Gasteiger partial charge is 0.771 e. The van der Waals surface area contributed by atoms with Gasteiger partial charge in [0.15, 0.2) is 0 Å². The zero-order chi connectivity index (χ0) is 12.7. The van der Waals surface area contributed by atoms with Crippen LogP contribution in [0.4, 0.5) is 5.69 Å². The van der Waals surface area contributed by atoms with Crippen molar-refractivity contribution in [2.24, 2.45) is 10.2 Å². The van der Waals surface area contributed by atoms with E-state index in [1.54, 1.807) is 25.1 Å². The van der Waals surface area contributed by atoms with Gasteiger partial charge in [-0.3, -0.25) is 4.21 Å². The van der Waals surface area contributed by atoms with Gasteiger partial charge in [0.1, 0.15) is 5.88 Å². The molecule has 0 aromatic heterocycles. The Morgan fingerprint density at radius 1 is 1.53 bits per heavy atom. The van der Waals surface area contributed by atoms with Crippen LogP contribution in [0.2, 0.25) is 0 Å². The molecule has 1 aromatic carbocycles. The predicted molar refractivity (Wildman–Crippen MR) is 60.7 cm³/mol. The minimum absolute atomic E-state index is 0.291. The van der Waals surface area contributed by atoms with E-state index in [1.165, 1.54) is 6.07 Å². The third-order valence-corrected chi connectivity index (χ3v) is 2.03. The Kier molecular flexibility index (Phi) is 5.44. The van der Waals surface area contributed by atoms with Crippen LogP contribution in [-0.2, 0) is 15.8 Å². The number of azo groups is 1. The zero-order valence-electron chi connectivity index (χ0n) is 9.16. The van der Waals surface area contributed by atoms with E-state index in [2.05, 4.69) is 10.2 Å². The molecule has 0 saturated carbocycles. The molecule has 0 heterocycles. The summed E-state index contributed by atoms with van der Waals surface area (Å²) >= 11 is -2.26. The first-order valence-corrected chi connectivity index (χ1v) is 6.08. The Morgan fingerprint density at radius 2 is 2.29 bits per heavy atom. The van der Waals surface area contributed by atoms with Gasteiger partial charge in [0.05, 0.1) is 17.9 Å². The molecule has 0 radical (unpaired) electrons. The Balaban J connectivity index is 2.75. The summed E-state index contributed by atoms with van der Waals surface area (Å²) in [7, 11) is 0. The molecule has 0 fully saturated rings. The summed E-state index contributed by atoms with van der Waals surface area (Å²) in [5.41, 5.74) is 0.757. The molecular formula is C10H11N2O4S-. The third-order valence-electron chi connectivity index (χ3n) is 1.71. The van der Waals surface area contributed by atoms with E-state index < -0.39 is 22.9 Å². The van der Waals surface area contributed by atoms with Crippen molar-refractivity contribution in [2.75, 3.05) is 12.5 Å². The van der Waals surface area contributed by atoms with E-state index >= 15 is 0 Å². The molecule has 7 heteroatoms. The Bertz CT molecular complexity index is 448. The molecule has 0 aliphatic carbocycles. The highest BCUT2D eigenvalue weighted by Crippen LogP contribution is 2.15. The highest BCUT2D eigenvalue weighted by molar-refractivity contribution is 7.79. The van der Waals surface area contributed by atoms with Crippen molar-refractivity contribution >= 4 is 22.7 Å². The third kappa shape index (κ3) is 4.83. The molecule has 0 aliphatic heterocycles. The number of benzene rings is 1. The van der Waals surface area contributed by atoms with Crippen LogP contribution in [0.3, 0.4) is 0 Å². The molecule has 6 nitrogen and oxygen atoms in total. The van der Waals surface area contributed by atoms with Crippen LogP contribution in [0.25, 0.3) is 0 Å². The Morgan fingerprint density at radius 3 is 2.94 bits per heavy atom. The molecule has 17 heavy (non-hydrogen) atoms. The standard InChI is InChI=1S/C10H12N2O4S/c1-2-16-10(13)8-4-3-5-9(6-8)12-11-7-17(14)15/h3-6H,2,7H2,1H3,(H,14,15)/p-1. The maximum Gasteiger partial charge on any atom is 0.338 e. The van der Waals surface area contributed by atoms with Crippen molar-refractivity contribution in [3.8, 4) is 0 Å². The average Bonchev–Trinajstić information content (AvgIpc) is 2.29. The van der Waals surface area contributed by atoms with E-state index in [0.29, 0.717) is 17.9 Å². The predicted octanol–water partition coefficient (Wildman–Crippen LogP) is 1.78. The minimum atomic E-state index is -2.26. The fraction of sp³-hybridized carbons (Fsp3) is 0.300. The quantitative estimate of drug-likeness (QED) is 0.455. The van der Waals surface area contributed by atoms with Gasteiger partial charge in [-0.25, -0.2) is 4.79 Å². The number of carbonyl (C=O) groups excluding carboxylic acids is 1. The van der Waals surface area contributed by atoms with E-state index in [-0.39, 0.29) is 0 Å². The van der Waals surface area contributed by atoms with E-state index in [4.69, 9.17) is 4.74 Å². The highest BCUT2D eigenvalue weighted by Gasteiger charge is 2.05. The van der Waals surface area contributed by atoms with Gasteiger partial charge >= 0.3 is 5.97 Å². The van der Waals surface area contributed by atoms with Crippen LogP contribution in [0, 0.1) is 0 Å². The summed E-state index contributed by atoms with van der Waals surface area (Å²) in [6.45, 7) is 2.00. The van der Waals surface area contributed by atoms with Gasteiger partial charge in [-0.2, -0.15) is 10.2 Å². The molecule has 0 spiro atoms. The fourth-order valence-electron chi connectivity index (χ4n) is 1.07. The lowest BCUT2D eigenvalue weighted by molar-refractivity contribution is 0.0526. The highest BCUT2D eigenvalue weighted by atomic mass is 32.2. The van der Waals surface area contributed by atoms with Crippen LogP contribution in [0.5, 0.6) is 0 Å². The van der Waals surface area contributed by atoms with Crippen LogP contribution in [0.15, 0.2) is 34.5 Å². The minimum Gasteiger partial charge on any atom is -0.771 e. The molecule has 92 valence electrons. The number of nitrogens with zero attached hydrogens (tertiary/aromatic N) is 2. The maximum atomic E-state index is 11.4. The average molecular weight is 255 g/mol. The van der Waals surface area contributed by atoms with Gasteiger partial charge < -0.3 is 9.29 Å². The van der Waals surface area contributed by atoms with Crippen molar-refractivity contribution in [2.45, 2.75) is 6.92 Å². The van der Waals surface area contributed by atoms with Crippen LogP contribution in [-0.4, -0.2) is 27.2 Å². The zero-order valence-corrected chi connectivity index (χ0v) is 9.98. The van der Waals surface area contributed by atoms with Gasteiger partial charge in [-0.05, 0) is 36.2 Å². The van der Waals surface area contributed by atoms with Gasteiger partial charge in [0.2, 0.25) is 0 Å². The van der Waals surface area contributed by atoms with Crippen molar-refractivity contribution in [1.82, 2.24) is 0 Å². The topological polar surface area (TPSA) is 91.2 Å². The number of esters is 1. The monoisotopic (exact) mass is 255 g/mol. The molecule has 1 atom stereocenters. The molecule has 0 saturated heterocycles. The summed E-state index contributed by atoms with van der Waals surface area (Å²) in [4.78, 5) is 11.4. The Hall–Kier alpha value is -1.60. The smallest absolute Gasteiger partial charge is 0.338 e. The second kappa shape index (κ2) is 6.87. The molecule has 0 amide bonds. The number of rotatable bonds is 5. The fourth-order valence-corrected chi connectivity index (χ4v) is 1.22. The Labute approximate surface area is 101 Å². The van der Waals surface area contributed by atoms with E-state index in [1.807, 2.05) is 0 Å². The first-order chi connectivity index (χ1) is 8.13. The molecule has 1 unspecified atom stereocenters.